The molecule has 0 aliphatic rings. The lowest BCUT2D eigenvalue weighted by Crippen LogP contribution is -2.26. The molecule has 3 N–H and O–H groups in total. The molecule has 0 atom stereocenters. The summed E-state index contributed by atoms with van der Waals surface area (Å²) < 4.78 is 4.99. The van der Waals surface area contributed by atoms with Crippen LogP contribution in [0.25, 0.3) is 0 Å². The van der Waals surface area contributed by atoms with E-state index in [1.54, 1.807) is 19.1 Å². The van der Waals surface area contributed by atoms with Gasteiger partial charge in [0, 0.05) is 11.4 Å². The van der Waals surface area contributed by atoms with Gasteiger partial charge in [-0.1, -0.05) is 0 Å². The van der Waals surface area contributed by atoms with E-state index in [1.165, 1.54) is 23.7 Å². The number of hydrogen-bond donors (Lipinski definition) is 3. The Kier molecular flexibility index (Phi) is 4.95. The molecule has 22 heavy (non-hydrogen) atoms. The highest BCUT2D eigenvalue weighted by atomic mass is 32.1. The maximum absolute atomic E-state index is 12.1. The normalized spacial score (nSPS) is 10.2. The van der Waals surface area contributed by atoms with Crippen LogP contribution in [0.4, 0.5) is 5.00 Å². The standard InChI is InChI=1S/C14H14N2O5S/c1-8-7-9(12(19)15-5-4-11(17)18)14(22-8)16-13(20)10-3-2-6-21-10/h2-3,6-7H,4-5H2,1H3,(H,15,19)(H,16,20)(H,17,18). The number of anilines is 1. The Morgan fingerprint density at radius 1 is 1.32 bits per heavy atom. The van der Waals surface area contributed by atoms with E-state index in [2.05, 4.69) is 10.6 Å². The molecule has 0 aliphatic carbocycles. The summed E-state index contributed by atoms with van der Waals surface area (Å²) >= 11 is 1.26. The van der Waals surface area contributed by atoms with Crippen LogP contribution < -0.4 is 10.6 Å². The van der Waals surface area contributed by atoms with Crippen LogP contribution in [0.5, 0.6) is 0 Å². The molecule has 0 radical (unpaired) electrons. The van der Waals surface area contributed by atoms with Crippen molar-refractivity contribution in [2.45, 2.75) is 13.3 Å². The molecular weight excluding hydrogens is 308 g/mol. The van der Waals surface area contributed by atoms with E-state index in [0.717, 1.165) is 4.88 Å². The van der Waals surface area contributed by atoms with Crippen molar-refractivity contribution in [3.63, 3.8) is 0 Å². The van der Waals surface area contributed by atoms with Gasteiger partial charge in [0.15, 0.2) is 5.76 Å². The highest BCUT2D eigenvalue weighted by Gasteiger charge is 2.18. The van der Waals surface area contributed by atoms with Crippen LogP contribution in [-0.2, 0) is 4.79 Å². The number of furan rings is 1. The number of carbonyl (C=O) groups excluding carboxylic acids is 2. The van der Waals surface area contributed by atoms with Crippen LogP contribution in [0.15, 0.2) is 28.9 Å². The first-order valence-electron chi connectivity index (χ1n) is 6.42. The fourth-order valence-electron chi connectivity index (χ4n) is 1.73. The Morgan fingerprint density at radius 2 is 2.09 bits per heavy atom. The zero-order chi connectivity index (χ0) is 16.1. The molecule has 7 nitrogen and oxygen atoms in total. The molecule has 2 heterocycles. The zero-order valence-electron chi connectivity index (χ0n) is 11.7. The van der Waals surface area contributed by atoms with Crippen molar-refractivity contribution in [3.05, 3.63) is 40.7 Å². The van der Waals surface area contributed by atoms with Gasteiger partial charge in [0.1, 0.15) is 5.00 Å². The minimum absolute atomic E-state index is 0.0225. The van der Waals surface area contributed by atoms with Gasteiger partial charge in [-0.25, -0.2) is 0 Å². The molecule has 2 amide bonds. The molecule has 0 aromatic carbocycles. The number of amides is 2. The molecular formula is C14H14N2O5S. The molecule has 116 valence electrons. The van der Waals surface area contributed by atoms with Gasteiger partial charge < -0.3 is 20.2 Å². The lowest BCUT2D eigenvalue weighted by atomic mass is 10.2. The number of carboxylic acids is 1. The summed E-state index contributed by atoms with van der Waals surface area (Å²) in [6.07, 6.45) is 1.22. The predicted molar refractivity (Wildman–Crippen MR) is 80.3 cm³/mol. The van der Waals surface area contributed by atoms with Crippen molar-refractivity contribution in [2.75, 3.05) is 11.9 Å². The van der Waals surface area contributed by atoms with Crippen LogP contribution in [0.1, 0.15) is 32.2 Å². The van der Waals surface area contributed by atoms with Crippen LogP contribution >= 0.6 is 11.3 Å². The zero-order valence-corrected chi connectivity index (χ0v) is 12.5. The van der Waals surface area contributed by atoms with Gasteiger partial charge in [-0.05, 0) is 25.1 Å². The highest BCUT2D eigenvalue weighted by molar-refractivity contribution is 7.16. The monoisotopic (exact) mass is 322 g/mol. The third-order valence-electron chi connectivity index (χ3n) is 2.70. The molecule has 0 saturated heterocycles. The first-order valence-corrected chi connectivity index (χ1v) is 7.24. The van der Waals surface area contributed by atoms with Crippen molar-refractivity contribution < 1.29 is 23.9 Å². The third kappa shape index (κ3) is 3.95. The van der Waals surface area contributed by atoms with Crippen LogP contribution in [0.2, 0.25) is 0 Å². The Labute approximate surface area is 129 Å². The number of carbonyl (C=O) groups is 3. The molecule has 2 aromatic heterocycles. The number of hydrogen-bond acceptors (Lipinski definition) is 5. The largest absolute Gasteiger partial charge is 0.481 e. The minimum Gasteiger partial charge on any atom is -0.481 e. The van der Waals surface area contributed by atoms with Crippen molar-refractivity contribution in [1.82, 2.24) is 5.32 Å². The van der Waals surface area contributed by atoms with Gasteiger partial charge in [0.2, 0.25) is 0 Å². The van der Waals surface area contributed by atoms with E-state index in [4.69, 9.17) is 9.52 Å². The van der Waals surface area contributed by atoms with E-state index < -0.39 is 17.8 Å². The second-order valence-corrected chi connectivity index (χ2v) is 5.69. The van der Waals surface area contributed by atoms with Crippen LogP contribution in [-0.4, -0.2) is 29.4 Å². The van der Waals surface area contributed by atoms with E-state index in [0.29, 0.717) is 10.6 Å². The highest BCUT2D eigenvalue weighted by Crippen LogP contribution is 2.28. The summed E-state index contributed by atoms with van der Waals surface area (Å²) in [5.74, 6) is -1.73. The number of aryl methyl sites for hydroxylation is 1. The van der Waals surface area contributed by atoms with Gasteiger partial charge in [-0.3, -0.25) is 14.4 Å². The van der Waals surface area contributed by atoms with Crippen LogP contribution in [0.3, 0.4) is 0 Å². The maximum Gasteiger partial charge on any atom is 0.305 e. The molecule has 2 rings (SSSR count). The molecule has 0 aliphatic heterocycles. The smallest absolute Gasteiger partial charge is 0.305 e. The average Bonchev–Trinajstić information content (AvgIpc) is 3.07. The summed E-state index contributed by atoms with van der Waals surface area (Å²) in [5.41, 5.74) is 0.299. The summed E-state index contributed by atoms with van der Waals surface area (Å²) in [6, 6.07) is 4.75. The summed E-state index contributed by atoms with van der Waals surface area (Å²) in [6.45, 7) is 1.83. The maximum atomic E-state index is 12.1. The van der Waals surface area contributed by atoms with E-state index in [9.17, 15) is 14.4 Å². The Bertz CT molecular complexity index is 690. The SMILES string of the molecule is Cc1cc(C(=O)NCCC(=O)O)c(NC(=O)c2ccco2)s1. The fourth-order valence-corrected chi connectivity index (χ4v) is 2.63. The van der Waals surface area contributed by atoms with Gasteiger partial charge >= 0.3 is 5.97 Å². The lowest BCUT2D eigenvalue weighted by molar-refractivity contribution is -0.136. The predicted octanol–water partition coefficient (Wildman–Crippen LogP) is 2.11. The van der Waals surface area contributed by atoms with Crippen molar-refractivity contribution in [1.29, 1.82) is 0 Å². The molecule has 8 heteroatoms. The second kappa shape index (κ2) is 6.90. The van der Waals surface area contributed by atoms with Gasteiger partial charge in [0.25, 0.3) is 11.8 Å². The summed E-state index contributed by atoms with van der Waals surface area (Å²) in [4.78, 5) is 35.3. The number of aliphatic carboxylic acids is 1. The van der Waals surface area contributed by atoms with E-state index >= 15 is 0 Å². The molecule has 0 saturated carbocycles. The van der Waals surface area contributed by atoms with Crippen molar-refractivity contribution in [2.24, 2.45) is 0 Å². The second-order valence-electron chi connectivity index (χ2n) is 4.43. The van der Waals surface area contributed by atoms with Crippen molar-refractivity contribution in [3.8, 4) is 0 Å². The summed E-state index contributed by atoms with van der Waals surface area (Å²) in [5, 5.41) is 14.1. The number of rotatable bonds is 6. The fraction of sp³-hybridized carbons (Fsp3) is 0.214. The Hall–Kier alpha value is -2.61. The Morgan fingerprint density at radius 3 is 2.73 bits per heavy atom. The topological polar surface area (TPSA) is 109 Å². The number of thiophene rings is 1. The van der Waals surface area contributed by atoms with Gasteiger partial charge in [0.05, 0.1) is 18.2 Å². The average molecular weight is 322 g/mol. The number of nitrogens with one attached hydrogen (secondary N) is 2. The van der Waals surface area contributed by atoms with Crippen molar-refractivity contribution >= 4 is 34.1 Å². The Balaban J connectivity index is 2.07. The molecule has 0 bridgehead atoms. The molecule has 0 spiro atoms. The van der Waals surface area contributed by atoms with E-state index in [1.807, 2.05) is 0 Å². The van der Waals surface area contributed by atoms with Gasteiger partial charge in [-0.2, -0.15) is 0 Å². The quantitative estimate of drug-likeness (QED) is 0.754. The van der Waals surface area contributed by atoms with E-state index in [-0.39, 0.29) is 18.7 Å². The molecule has 2 aromatic rings. The molecule has 0 unspecified atom stereocenters. The lowest BCUT2D eigenvalue weighted by Gasteiger charge is -2.05. The van der Waals surface area contributed by atoms with Gasteiger partial charge in [-0.15, -0.1) is 11.3 Å². The van der Waals surface area contributed by atoms with Crippen LogP contribution in [0, 0.1) is 6.92 Å². The first-order chi connectivity index (χ1) is 10.5. The number of carboxylic acid groups (broad SMARTS) is 1. The minimum atomic E-state index is -0.992. The summed E-state index contributed by atoms with van der Waals surface area (Å²) in [7, 11) is 0. The first kappa shape index (κ1) is 15.8. The molecule has 0 fully saturated rings. The third-order valence-corrected chi connectivity index (χ3v) is 3.66.